The second-order valence-electron chi connectivity index (χ2n) is 6.78. The van der Waals surface area contributed by atoms with Crippen LogP contribution in [-0.4, -0.2) is 43.7 Å². The number of nitrogens with one attached hydrogen (secondary N) is 1. The van der Waals surface area contributed by atoms with Gasteiger partial charge in [-0.1, -0.05) is 0 Å². The standard InChI is InChI=1S/C19H26FN3O2/c1-13-18(12-23(2)11-14-5-4-8-21-10-14)22-19(25-13)16-7-6-15(24-3)9-17(16)20/h6-7,9,14,21H,4-5,8,10-12H2,1-3H3/t14-/m0/s1. The molecule has 0 saturated carbocycles. The first kappa shape index (κ1) is 17.9. The quantitative estimate of drug-likeness (QED) is 0.869. The highest BCUT2D eigenvalue weighted by Crippen LogP contribution is 2.27. The molecule has 136 valence electrons. The van der Waals surface area contributed by atoms with Crippen LogP contribution in [0.15, 0.2) is 22.6 Å². The van der Waals surface area contributed by atoms with E-state index in [4.69, 9.17) is 9.15 Å². The lowest BCUT2D eigenvalue weighted by molar-refractivity contribution is 0.235. The topological polar surface area (TPSA) is 50.5 Å². The zero-order chi connectivity index (χ0) is 17.8. The van der Waals surface area contributed by atoms with E-state index in [9.17, 15) is 4.39 Å². The molecule has 0 radical (unpaired) electrons. The highest BCUT2D eigenvalue weighted by Gasteiger charge is 2.19. The average Bonchev–Trinajstić information content (AvgIpc) is 2.95. The van der Waals surface area contributed by atoms with E-state index in [1.165, 1.54) is 26.0 Å². The number of methoxy groups -OCH3 is 1. The molecule has 1 atom stereocenters. The predicted molar refractivity (Wildman–Crippen MR) is 95.1 cm³/mol. The summed E-state index contributed by atoms with van der Waals surface area (Å²) in [7, 11) is 3.61. The molecule has 0 spiro atoms. The largest absolute Gasteiger partial charge is 0.497 e. The van der Waals surface area contributed by atoms with E-state index < -0.39 is 5.82 Å². The molecule has 2 heterocycles. The number of hydrogen-bond acceptors (Lipinski definition) is 5. The van der Waals surface area contributed by atoms with E-state index in [-0.39, 0.29) is 0 Å². The van der Waals surface area contributed by atoms with E-state index >= 15 is 0 Å². The Bertz CT molecular complexity index is 711. The molecule has 1 aromatic heterocycles. The van der Waals surface area contributed by atoms with E-state index in [0.717, 1.165) is 31.1 Å². The molecule has 1 N–H and O–H groups in total. The van der Waals surface area contributed by atoms with Crippen molar-refractivity contribution in [3.63, 3.8) is 0 Å². The van der Waals surface area contributed by atoms with Gasteiger partial charge in [-0.3, -0.25) is 0 Å². The third kappa shape index (κ3) is 4.38. The van der Waals surface area contributed by atoms with Crippen molar-refractivity contribution in [1.29, 1.82) is 0 Å². The molecule has 3 rings (SSSR count). The van der Waals surface area contributed by atoms with Gasteiger partial charge in [-0.2, -0.15) is 0 Å². The molecule has 1 aliphatic rings. The number of benzene rings is 1. The fourth-order valence-corrected chi connectivity index (χ4v) is 3.33. The normalized spacial score (nSPS) is 17.9. The fraction of sp³-hybridized carbons (Fsp3) is 0.526. The zero-order valence-electron chi connectivity index (χ0n) is 15.1. The fourth-order valence-electron chi connectivity index (χ4n) is 3.33. The van der Waals surface area contributed by atoms with Crippen molar-refractivity contribution < 1.29 is 13.5 Å². The van der Waals surface area contributed by atoms with Crippen molar-refractivity contribution in [2.24, 2.45) is 5.92 Å². The lowest BCUT2D eigenvalue weighted by Crippen LogP contribution is -2.36. The Hall–Kier alpha value is -1.92. The average molecular weight is 347 g/mol. The minimum absolute atomic E-state index is 0.320. The van der Waals surface area contributed by atoms with Gasteiger partial charge in [-0.15, -0.1) is 0 Å². The summed E-state index contributed by atoms with van der Waals surface area (Å²) >= 11 is 0. The van der Waals surface area contributed by atoms with Crippen molar-refractivity contribution in [3.05, 3.63) is 35.5 Å². The van der Waals surface area contributed by atoms with Crippen LogP contribution >= 0.6 is 0 Å². The van der Waals surface area contributed by atoms with Crippen LogP contribution in [0.2, 0.25) is 0 Å². The maximum atomic E-state index is 14.2. The molecule has 6 heteroatoms. The Morgan fingerprint density at radius 3 is 2.96 bits per heavy atom. The van der Waals surface area contributed by atoms with Gasteiger partial charge in [0.15, 0.2) is 0 Å². The van der Waals surface area contributed by atoms with Crippen LogP contribution in [0.4, 0.5) is 4.39 Å². The van der Waals surface area contributed by atoms with E-state index in [1.54, 1.807) is 12.1 Å². The van der Waals surface area contributed by atoms with Crippen molar-refractivity contribution in [2.45, 2.75) is 26.3 Å². The molecule has 1 aromatic carbocycles. The maximum absolute atomic E-state index is 14.2. The predicted octanol–water partition coefficient (Wildman–Crippen LogP) is 3.23. The van der Waals surface area contributed by atoms with Crippen LogP contribution in [0.3, 0.4) is 0 Å². The summed E-state index contributed by atoms with van der Waals surface area (Å²) in [6, 6.07) is 4.69. The zero-order valence-corrected chi connectivity index (χ0v) is 15.1. The lowest BCUT2D eigenvalue weighted by atomic mass is 9.99. The van der Waals surface area contributed by atoms with Crippen LogP contribution in [0, 0.1) is 18.7 Å². The summed E-state index contributed by atoms with van der Waals surface area (Å²) in [6.45, 7) is 5.79. The molecule has 0 amide bonds. The lowest BCUT2D eigenvalue weighted by Gasteiger charge is -2.27. The molecule has 0 unspecified atom stereocenters. The first-order chi connectivity index (χ1) is 12.1. The van der Waals surface area contributed by atoms with Crippen molar-refractivity contribution in [3.8, 4) is 17.2 Å². The van der Waals surface area contributed by atoms with Gasteiger partial charge in [-0.25, -0.2) is 9.37 Å². The van der Waals surface area contributed by atoms with Gasteiger partial charge in [0.1, 0.15) is 17.3 Å². The van der Waals surface area contributed by atoms with Gasteiger partial charge in [-0.05, 0) is 58.0 Å². The van der Waals surface area contributed by atoms with E-state index in [1.807, 2.05) is 6.92 Å². The second kappa shape index (κ2) is 7.97. The molecular formula is C19H26FN3O2. The molecular weight excluding hydrogens is 321 g/mol. The SMILES string of the molecule is COc1ccc(-c2nc(CN(C)C[C@H]3CCCNC3)c(C)o2)c(F)c1. The van der Waals surface area contributed by atoms with Crippen molar-refractivity contribution in [2.75, 3.05) is 33.8 Å². The van der Waals surface area contributed by atoms with Crippen LogP contribution in [0.5, 0.6) is 5.75 Å². The number of ether oxygens (including phenoxy) is 1. The highest BCUT2D eigenvalue weighted by atomic mass is 19.1. The summed E-state index contributed by atoms with van der Waals surface area (Å²) in [5.74, 6) is 1.81. The number of oxazole rings is 1. The van der Waals surface area contributed by atoms with Gasteiger partial charge in [0, 0.05) is 19.2 Å². The Balaban J connectivity index is 1.69. The van der Waals surface area contributed by atoms with E-state index in [2.05, 4.69) is 22.2 Å². The molecule has 1 saturated heterocycles. The number of aryl methyl sites for hydroxylation is 1. The molecule has 0 aliphatic carbocycles. The first-order valence-electron chi connectivity index (χ1n) is 8.76. The van der Waals surface area contributed by atoms with Crippen LogP contribution < -0.4 is 10.1 Å². The third-order valence-electron chi connectivity index (χ3n) is 4.69. The van der Waals surface area contributed by atoms with Crippen molar-refractivity contribution >= 4 is 0 Å². The monoisotopic (exact) mass is 347 g/mol. The summed E-state index contributed by atoms with van der Waals surface area (Å²) in [5.41, 5.74) is 1.21. The summed E-state index contributed by atoms with van der Waals surface area (Å²) in [5, 5.41) is 3.44. The first-order valence-corrected chi connectivity index (χ1v) is 8.76. The minimum Gasteiger partial charge on any atom is -0.497 e. The Morgan fingerprint density at radius 2 is 2.28 bits per heavy atom. The number of piperidine rings is 1. The van der Waals surface area contributed by atoms with Crippen LogP contribution in [0.25, 0.3) is 11.5 Å². The van der Waals surface area contributed by atoms with Gasteiger partial charge >= 0.3 is 0 Å². The maximum Gasteiger partial charge on any atom is 0.229 e. The van der Waals surface area contributed by atoms with Crippen LogP contribution in [-0.2, 0) is 6.54 Å². The number of nitrogens with zero attached hydrogens (tertiary/aromatic N) is 2. The Morgan fingerprint density at radius 1 is 1.44 bits per heavy atom. The number of rotatable bonds is 6. The van der Waals surface area contributed by atoms with Crippen molar-refractivity contribution in [1.82, 2.24) is 15.2 Å². The molecule has 0 bridgehead atoms. The second-order valence-corrected chi connectivity index (χ2v) is 6.78. The van der Waals surface area contributed by atoms with Gasteiger partial charge in [0.05, 0.1) is 18.4 Å². The Labute approximate surface area is 148 Å². The van der Waals surface area contributed by atoms with E-state index in [0.29, 0.717) is 29.7 Å². The summed E-state index contributed by atoms with van der Waals surface area (Å²) in [4.78, 5) is 6.79. The molecule has 2 aromatic rings. The third-order valence-corrected chi connectivity index (χ3v) is 4.69. The highest BCUT2D eigenvalue weighted by molar-refractivity contribution is 5.56. The summed E-state index contributed by atoms with van der Waals surface area (Å²) in [6.07, 6.45) is 2.50. The molecule has 5 nitrogen and oxygen atoms in total. The van der Waals surface area contributed by atoms with Crippen LogP contribution in [0.1, 0.15) is 24.3 Å². The van der Waals surface area contributed by atoms with Gasteiger partial charge < -0.3 is 19.4 Å². The van der Waals surface area contributed by atoms with Gasteiger partial charge in [0.25, 0.3) is 0 Å². The number of halogens is 1. The van der Waals surface area contributed by atoms with Gasteiger partial charge in [0.2, 0.25) is 5.89 Å². The Kier molecular flexibility index (Phi) is 5.71. The number of hydrogen-bond donors (Lipinski definition) is 1. The molecule has 1 fully saturated rings. The minimum atomic E-state index is -0.395. The molecule has 1 aliphatic heterocycles. The summed E-state index contributed by atoms with van der Waals surface area (Å²) < 4.78 is 25.0. The smallest absolute Gasteiger partial charge is 0.229 e. The molecule has 25 heavy (non-hydrogen) atoms. The number of aromatic nitrogens is 1.